The van der Waals surface area contributed by atoms with Crippen molar-refractivity contribution >= 4 is 12.0 Å². The lowest BCUT2D eigenvalue weighted by molar-refractivity contribution is -0.139. The normalized spacial score (nSPS) is 17.4. The molecule has 7 heteroatoms. The number of aliphatic hydroxyl groups excluding tert-OH is 2. The molecule has 2 aromatic carbocycles. The summed E-state index contributed by atoms with van der Waals surface area (Å²) in [6.07, 6.45) is 4.45. The van der Waals surface area contributed by atoms with Gasteiger partial charge in [-0.05, 0) is 61.6 Å². The van der Waals surface area contributed by atoms with Crippen LogP contribution in [0.2, 0.25) is 0 Å². The molecule has 178 valence electrons. The number of halogens is 1. The van der Waals surface area contributed by atoms with E-state index in [1.807, 2.05) is 18.2 Å². The molecule has 3 aromatic rings. The fourth-order valence-electron chi connectivity index (χ4n) is 4.62. The highest BCUT2D eigenvalue weighted by molar-refractivity contribution is 5.67. The fourth-order valence-corrected chi connectivity index (χ4v) is 4.62. The van der Waals surface area contributed by atoms with Gasteiger partial charge in [0.2, 0.25) is 0 Å². The minimum atomic E-state index is -1.14. The number of hydrogen-bond acceptors (Lipinski definition) is 4. The summed E-state index contributed by atoms with van der Waals surface area (Å²) < 4.78 is 15.3. The quantitative estimate of drug-likeness (QED) is 0.440. The largest absolute Gasteiger partial charge is 0.481 e. The van der Waals surface area contributed by atoms with Crippen LogP contribution in [0.25, 0.3) is 11.8 Å². The summed E-state index contributed by atoms with van der Waals surface area (Å²) >= 11 is 0. The van der Waals surface area contributed by atoms with Crippen molar-refractivity contribution in [1.82, 2.24) is 9.78 Å². The first kappa shape index (κ1) is 23.9. The second-order valence-electron chi connectivity index (χ2n) is 8.83. The molecule has 0 bridgehead atoms. The van der Waals surface area contributed by atoms with Crippen molar-refractivity contribution in [2.45, 2.75) is 56.7 Å². The van der Waals surface area contributed by atoms with Gasteiger partial charge in [0.25, 0.3) is 0 Å². The maximum atomic E-state index is 13.6. The van der Waals surface area contributed by atoms with E-state index in [9.17, 15) is 19.4 Å². The number of rotatable bonds is 9. The lowest BCUT2D eigenvalue weighted by atomic mass is 9.83. The molecule has 1 unspecified atom stereocenters. The summed E-state index contributed by atoms with van der Waals surface area (Å²) in [5, 5.41) is 34.0. The van der Waals surface area contributed by atoms with Crippen LogP contribution in [0.1, 0.15) is 54.1 Å². The van der Waals surface area contributed by atoms with Gasteiger partial charge in [-0.15, -0.1) is 0 Å². The van der Waals surface area contributed by atoms with Gasteiger partial charge in [0, 0.05) is 17.9 Å². The van der Waals surface area contributed by atoms with Crippen molar-refractivity contribution in [3.8, 4) is 5.69 Å². The second-order valence-corrected chi connectivity index (χ2v) is 8.83. The van der Waals surface area contributed by atoms with Crippen LogP contribution in [0.15, 0.2) is 60.7 Å². The Morgan fingerprint density at radius 2 is 1.88 bits per heavy atom. The Kier molecular flexibility index (Phi) is 7.55. The van der Waals surface area contributed by atoms with E-state index in [0.29, 0.717) is 5.69 Å². The second kappa shape index (κ2) is 10.8. The number of hydrogen-bond donors (Lipinski definition) is 3. The molecule has 1 aliphatic carbocycles. The van der Waals surface area contributed by atoms with Crippen LogP contribution in [-0.2, 0) is 17.6 Å². The molecule has 34 heavy (non-hydrogen) atoms. The summed E-state index contributed by atoms with van der Waals surface area (Å²) in [7, 11) is 0. The van der Waals surface area contributed by atoms with Crippen molar-refractivity contribution in [3.63, 3.8) is 0 Å². The summed E-state index contributed by atoms with van der Waals surface area (Å²) in [5.41, 5.74) is 4.89. The number of fused-ring (bicyclic) bond motifs is 1. The highest BCUT2D eigenvalue weighted by Gasteiger charge is 2.28. The van der Waals surface area contributed by atoms with E-state index in [1.54, 1.807) is 29.0 Å². The van der Waals surface area contributed by atoms with E-state index < -0.39 is 24.6 Å². The Morgan fingerprint density at radius 1 is 1.15 bits per heavy atom. The summed E-state index contributed by atoms with van der Waals surface area (Å²) in [6.45, 7) is 0. The van der Waals surface area contributed by atoms with Crippen molar-refractivity contribution < 1.29 is 24.5 Å². The first-order chi connectivity index (χ1) is 16.4. The van der Waals surface area contributed by atoms with Gasteiger partial charge in [0.15, 0.2) is 0 Å². The average Bonchev–Trinajstić information content (AvgIpc) is 3.18. The van der Waals surface area contributed by atoms with Crippen LogP contribution < -0.4 is 0 Å². The predicted octanol–water partition coefficient (Wildman–Crippen LogP) is 4.27. The topological polar surface area (TPSA) is 95.6 Å². The third-order valence-electron chi connectivity index (χ3n) is 6.22. The highest BCUT2D eigenvalue weighted by Crippen LogP contribution is 2.36. The zero-order chi connectivity index (χ0) is 24.1. The van der Waals surface area contributed by atoms with Gasteiger partial charge in [-0.3, -0.25) is 4.79 Å². The van der Waals surface area contributed by atoms with Gasteiger partial charge in [-0.1, -0.05) is 36.4 Å². The Balaban J connectivity index is 1.66. The third kappa shape index (κ3) is 5.79. The number of nitrogens with zero attached hydrogens (tertiary/aromatic N) is 2. The van der Waals surface area contributed by atoms with Crippen molar-refractivity contribution in [3.05, 3.63) is 89.0 Å². The third-order valence-corrected chi connectivity index (χ3v) is 6.22. The van der Waals surface area contributed by atoms with Crippen LogP contribution in [0.3, 0.4) is 0 Å². The number of benzene rings is 2. The van der Waals surface area contributed by atoms with E-state index in [4.69, 9.17) is 10.2 Å². The van der Waals surface area contributed by atoms with Crippen LogP contribution in [0.4, 0.5) is 4.39 Å². The molecule has 0 amide bonds. The van der Waals surface area contributed by atoms with Crippen LogP contribution in [0.5, 0.6) is 0 Å². The molecule has 1 aromatic heterocycles. The zero-order valence-corrected chi connectivity index (χ0v) is 18.8. The lowest BCUT2D eigenvalue weighted by Crippen LogP contribution is -2.19. The van der Waals surface area contributed by atoms with Crippen molar-refractivity contribution in [2.75, 3.05) is 0 Å². The van der Waals surface area contributed by atoms with Gasteiger partial charge in [0.05, 0.1) is 35.7 Å². The predicted molar refractivity (Wildman–Crippen MR) is 127 cm³/mol. The molecule has 0 saturated heterocycles. The molecule has 3 atom stereocenters. The smallest absolute Gasteiger partial charge is 0.305 e. The first-order valence-corrected chi connectivity index (χ1v) is 11.6. The number of carboxylic acids is 1. The van der Waals surface area contributed by atoms with E-state index in [-0.39, 0.29) is 18.2 Å². The van der Waals surface area contributed by atoms with Gasteiger partial charge in [-0.2, -0.15) is 5.10 Å². The lowest BCUT2D eigenvalue weighted by Gasteiger charge is -2.21. The molecule has 1 heterocycles. The molecule has 3 N–H and O–H groups in total. The molecular formula is C27H29FN2O4. The van der Waals surface area contributed by atoms with Gasteiger partial charge in [-0.25, -0.2) is 9.07 Å². The van der Waals surface area contributed by atoms with Gasteiger partial charge in [0.1, 0.15) is 5.82 Å². The van der Waals surface area contributed by atoms with E-state index >= 15 is 0 Å². The number of carbonyl (C=O) groups is 1. The Labute approximate surface area is 198 Å². The fraction of sp³-hybridized carbons (Fsp3) is 0.333. The van der Waals surface area contributed by atoms with E-state index in [2.05, 4.69) is 12.1 Å². The number of aliphatic hydroxyl groups is 2. The first-order valence-electron chi connectivity index (χ1n) is 11.6. The average molecular weight is 465 g/mol. The maximum absolute atomic E-state index is 13.6. The number of aliphatic carboxylic acids is 1. The minimum Gasteiger partial charge on any atom is -0.481 e. The molecular weight excluding hydrogens is 435 g/mol. The SMILES string of the molecule is O=C(O)C[C@@H](O)C[C@@H](O)/C=C/c1c2c(nn1-c1ccc(F)cc1)C(Cc1ccccc1)CCC2. The Bertz CT molecular complexity index is 1140. The van der Waals surface area contributed by atoms with Crippen molar-refractivity contribution in [2.24, 2.45) is 0 Å². The summed E-state index contributed by atoms with van der Waals surface area (Å²) in [6, 6.07) is 16.4. The molecule has 0 fully saturated rings. The van der Waals surface area contributed by atoms with Crippen LogP contribution >= 0.6 is 0 Å². The minimum absolute atomic E-state index is 0.0771. The van der Waals surface area contributed by atoms with Crippen LogP contribution in [0, 0.1) is 5.82 Å². The number of carboxylic acid groups (broad SMARTS) is 1. The summed E-state index contributed by atoms with van der Waals surface area (Å²) in [4.78, 5) is 10.8. The highest BCUT2D eigenvalue weighted by atomic mass is 19.1. The molecule has 0 aliphatic heterocycles. The van der Waals surface area contributed by atoms with E-state index in [1.165, 1.54) is 17.7 Å². The molecule has 0 spiro atoms. The Morgan fingerprint density at radius 3 is 2.59 bits per heavy atom. The number of aromatic nitrogens is 2. The summed E-state index contributed by atoms with van der Waals surface area (Å²) in [5.74, 6) is -1.19. The zero-order valence-electron chi connectivity index (χ0n) is 18.8. The van der Waals surface area contributed by atoms with E-state index in [0.717, 1.165) is 42.6 Å². The molecule has 1 aliphatic rings. The maximum Gasteiger partial charge on any atom is 0.305 e. The molecule has 0 saturated carbocycles. The van der Waals surface area contributed by atoms with Gasteiger partial charge >= 0.3 is 5.97 Å². The van der Waals surface area contributed by atoms with Gasteiger partial charge < -0.3 is 15.3 Å². The standard InChI is InChI=1S/C27H29FN2O4/c28-20-9-11-21(12-10-20)30-25(14-13-22(31)16-23(32)17-26(33)34)24-8-4-7-19(27(24)29-30)15-18-5-2-1-3-6-18/h1-3,5-6,9-14,19,22-23,31-32H,4,7-8,15-17H2,(H,33,34)/b14-13+/t19?,22-,23-/m0/s1. The molecule has 0 radical (unpaired) electrons. The van der Waals surface area contributed by atoms with Crippen molar-refractivity contribution in [1.29, 1.82) is 0 Å². The molecule has 6 nitrogen and oxygen atoms in total. The Hall–Kier alpha value is -3.29. The monoisotopic (exact) mass is 464 g/mol. The molecule has 4 rings (SSSR count). The van der Waals surface area contributed by atoms with Crippen LogP contribution in [-0.4, -0.2) is 43.3 Å².